The van der Waals surface area contributed by atoms with Crippen molar-refractivity contribution in [2.24, 2.45) is 4.99 Å². The SMILES string of the molecule is CCc1ccc(N=Cc2cc(Cl)c(OS(=O)(=O)c3ccc(Cl)cc3)c(OC)c2)cc1. The van der Waals surface area contributed by atoms with Crippen molar-refractivity contribution >= 4 is 45.2 Å². The summed E-state index contributed by atoms with van der Waals surface area (Å²) in [6, 6.07) is 16.6. The lowest BCUT2D eigenvalue weighted by molar-refractivity contribution is 0.390. The average molecular weight is 464 g/mol. The molecule has 0 unspecified atom stereocenters. The molecule has 0 fully saturated rings. The maximum absolute atomic E-state index is 12.6. The van der Waals surface area contributed by atoms with Crippen molar-refractivity contribution in [1.82, 2.24) is 0 Å². The molecule has 0 saturated carbocycles. The van der Waals surface area contributed by atoms with Gasteiger partial charge in [0.2, 0.25) is 5.75 Å². The molecule has 156 valence electrons. The summed E-state index contributed by atoms with van der Waals surface area (Å²) in [6.45, 7) is 2.09. The third-order valence-electron chi connectivity index (χ3n) is 4.25. The predicted octanol–water partition coefficient (Wildman–Crippen LogP) is 6.08. The van der Waals surface area contributed by atoms with Gasteiger partial charge in [0.05, 0.1) is 17.8 Å². The van der Waals surface area contributed by atoms with Crippen LogP contribution in [0.4, 0.5) is 5.69 Å². The quantitative estimate of drug-likeness (QED) is 0.314. The molecule has 0 bridgehead atoms. The number of nitrogens with zero attached hydrogens (tertiary/aromatic N) is 1. The van der Waals surface area contributed by atoms with Gasteiger partial charge in [0.25, 0.3) is 0 Å². The smallest absolute Gasteiger partial charge is 0.339 e. The summed E-state index contributed by atoms with van der Waals surface area (Å²) in [7, 11) is -2.72. The summed E-state index contributed by atoms with van der Waals surface area (Å²) in [5, 5.41) is 0.493. The van der Waals surface area contributed by atoms with Crippen LogP contribution in [-0.2, 0) is 16.5 Å². The van der Waals surface area contributed by atoms with Gasteiger partial charge in [-0.15, -0.1) is 0 Å². The van der Waals surface area contributed by atoms with Crippen LogP contribution in [0, 0.1) is 0 Å². The van der Waals surface area contributed by atoms with E-state index in [4.69, 9.17) is 32.1 Å². The molecule has 0 N–H and O–H groups in total. The van der Waals surface area contributed by atoms with Gasteiger partial charge in [-0.25, -0.2) is 0 Å². The molecule has 0 aliphatic heterocycles. The lowest BCUT2D eigenvalue weighted by Crippen LogP contribution is -2.11. The van der Waals surface area contributed by atoms with Crippen LogP contribution in [0.25, 0.3) is 0 Å². The number of hydrogen-bond acceptors (Lipinski definition) is 5. The molecule has 0 saturated heterocycles. The highest BCUT2D eigenvalue weighted by molar-refractivity contribution is 7.87. The van der Waals surface area contributed by atoms with E-state index < -0.39 is 10.1 Å². The Morgan fingerprint density at radius 1 is 1.00 bits per heavy atom. The Labute approximate surface area is 186 Å². The molecule has 0 aliphatic rings. The van der Waals surface area contributed by atoms with Gasteiger partial charge in [-0.3, -0.25) is 4.99 Å². The molecule has 8 heteroatoms. The van der Waals surface area contributed by atoms with Crippen LogP contribution in [-0.4, -0.2) is 21.7 Å². The minimum absolute atomic E-state index is 0.0498. The lowest BCUT2D eigenvalue weighted by Gasteiger charge is -2.13. The highest BCUT2D eigenvalue weighted by Gasteiger charge is 2.22. The Hall–Kier alpha value is -2.54. The van der Waals surface area contributed by atoms with Gasteiger partial charge in [-0.05, 0) is 66.1 Å². The van der Waals surface area contributed by atoms with E-state index in [-0.39, 0.29) is 21.4 Å². The fourth-order valence-electron chi connectivity index (χ4n) is 2.62. The summed E-state index contributed by atoms with van der Waals surface area (Å²) >= 11 is 12.1. The highest BCUT2D eigenvalue weighted by atomic mass is 35.5. The van der Waals surface area contributed by atoms with E-state index in [0.29, 0.717) is 10.6 Å². The maximum Gasteiger partial charge on any atom is 0.339 e. The molecular weight excluding hydrogens is 445 g/mol. The molecule has 3 aromatic carbocycles. The number of benzene rings is 3. The zero-order valence-corrected chi connectivity index (χ0v) is 18.6. The first kappa shape index (κ1) is 22.2. The number of aryl methyl sites for hydroxylation is 1. The summed E-state index contributed by atoms with van der Waals surface area (Å²) in [4.78, 5) is 4.37. The standard InChI is InChI=1S/C22H19Cl2NO4S/c1-3-15-4-8-18(9-5-15)25-14-16-12-20(24)22(21(13-16)28-2)29-30(26,27)19-10-6-17(23)7-11-19/h4-14H,3H2,1-2H3. The molecule has 0 radical (unpaired) electrons. The van der Waals surface area contributed by atoms with Crippen LogP contribution in [0.15, 0.2) is 70.6 Å². The molecule has 3 aromatic rings. The summed E-state index contributed by atoms with van der Waals surface area (Å²) in [5.74, 6) is 0.0707. The minimum atomic E-state index is -4.12. The van der Waals surface area contributed by atoms with Gasteiger partial charge >= 0.3 is 10.1 Å². The second-order valence-corrected chi connectivity index (χ2v) is 8.69. The fourth-order valence-corrected chi connectivity index (χ4v) is 4.01. The molecular formula is C22H19Cl2NO4S. The highest BCUT2D eigenvalue weighted by Crippen LogP contribution is 2.38. The number of halogens is 2. The lowest BCUT2D eigenvalue weighted by atomic mass is 10.1. The van der Waals surface area contributed by atoms with E-state index in [1.807, 2.05) is 24.3 Å². The van der Waals surface area contributed by atoms with Crippen molar-refractivity contribution in [3.8, 4) is 11.5 Å². The molecule has 0 aromatic heterocycles. The maximum atomic E-state index is 12.6. The van der Waals surface area contributed by atoms with E-state index in [2.05, 4.69) is 11.9 Å². The normalized spacial score (nSPS) is 11.6. The van der Waals surface area contributed by atoms with Gasteiger partial charge < -0.3 is 8.92 Å². The average Bonchev–Trinajstić information content (AvgIpc) is 2.74. The van der Waals surface area contributed by atoms with Crippen molar-refractivity contribution < 1.29 is 17.3 Å². The van der Waals surface area contributed by atoms with Gasteiger partial charge in [0.15, 0.2) is 5.75 Å². The van der Waals surface area contributed by atoms with Crippen LogP contribution in [0.5, 0.6) is 11.5 Å². The van der Waals surface area contributed by atoms with Crippen molar-refractivity contribution in [2.75, 3.05) is 7.11 Å². The second kappa shape index (κ2) is 9.51. The van der Waals surface area contributed by atoms with Crippen LogP contribution in [0.3, 0.4) is 0 Å². The van der Waals surface area contributed by atoms with E-state index in [1.54, 1.807) is 18.3 Å². The molecule has 0 atom stereocenters. The van der Waals surface area contributed by atoms with Crippen molar-refractivity contribution in [1.29, 1.82) is 0 Å². The van der Waals surface area contributed by atoms with Gasteiger partial charge in [-0.1, -0.05) is 42.3 Å². The van der Waals surface area contributed by atoms with E-state index in [0.717, 1.165) is 12.1 Å². The number of methoxy groups -OCH3 is 1. The topological polar surface area (TPSA) is 65.0 Å². The van der Waals surface area contributed by atoms with E-state index in [1.165, 1.54) is 36.9 Å². The van der Waals surface area contributed by atoms with E-state index >= 15 is 0 Å². The van der Waals surface area contributed by atoms with Crippen molar-refractivity contribution in [3.63, 3.8) is 0 Å². The summed E-state index contributed by atoms with van der Waals surface area (Å²) in [5.41, 5.74) is 2.64. The molecule has 0 heterocycles. The Bertz CT molecular complexity index is 1160. The molecule has 5 nitrogen and oxygen atoms in total. The van der Waals surface area contributed by atoms with Gasteiger partial charge in [-0.2, -0.15) is 8.42 Å². The predicted molar refractivity (Wildman–Crippen MR) is 120 cm³/mol. The molecule has 0 amide bonds. The Balaban J connectivity index is 1.88. The van der Waals surface area contributed by atoms with Crippen LogP contribution >= 0.6 is 23.2 Å². The minimum Gasteiger partial charge on any atom is -0.493 e. The first-order chi connectivity index (χ1) is 14.3. The van der Waals surface area contributed by atoms with Crippen molar-refractivity contribution in [2.45, 2.75) is 18.2 Å². The van der Waals surface area contributed by atoms with E-state index in [9.17, 15) is 8.42 Å². The zero-order chi connectivity index (χ0) is 21.7. The fraction of sp³-hybridized carbons (Fsp3) is 0.136. The van der Waals surface area contributed by atoms with Crippen molar-refractivity contribution in [3.05, 3.63) is 81.8 Å². The number of rotatable bonds is 7. The Kier molecular flexibility index (Phi) is 7.02. The molecule has 0 aliphatic carbocycles. The number of ether oxygens (including phenoxy) is 1. The molecule has 30 heavy (non-hydrogen) atoms. The monoisotopic (exact) mass is 463 g/mol. The van der Waals surface area contributed by atoms with Gasteiger partial charge in [0.1, 0.15) is 4.90 Å². The number of aliphatic imine (C=N–C) groups is 1. The summed E-state index contributed by atoms with van der Waals surface area (Å²) in [6.07, 6.45) is 2.57. The Morgan fingerprint density at radius 2 is 1.67 bits per heavy atom. The molecule has 0 spiro atoms. The number of hydrogen-bond donors (Lipinski definition) is 0. The second-order valence-electron chi connectivity index (χ2n) is 6.30. The Morgan fingerprint density at radius 3 is 2.27 bits per heavy atom. The first-order valence-electron chi connectivity index (χ1n) is 9.03. The van der Waals surface area contributed by atoms with Crippen LogP contribution in [0.2, 0.25) is 10.0 Å². The molecule has 3 rings (SSSR count). The van der Waals surface area contributed by atoms with Crippen LogP contribution in [0.1, 0.15) is 18.1 Å². The largest absolute Gasteiger partial charge is 0.493 e. The first-order valence-corrected chi connectivity index (χ1v) is 11.2. The van der Waals surface area contributed by atoms with Crippen LogP contribution < -0.4 is 8.92 Å². The third-order valence-corrected chi connectivity index (χ3v) is 6.02. The van der Waals surface area contributed by atoms with Gasteiger partial charge in [0, 0.05) is 11.2 Å². The zero-order valence-electron chi connectivity index (χ0n) is 16.3. The third kappa shape index (κ3) is 5.33. The summed E-state index contributed by atoms with van der Waals surface area (Å²) < 4.78 is 35.7.